The summed E-state index contributed by atoms with van der Waals surface area (Å²) in [6.45, 7) is 5.99. The Morgan fingerprint density at radius 2 is 1.80 bits per heavy atom. The molecule has 3 rings (SSSR count). The Morgan fingerprint density at radius 3 is 2.37 bits per heavy atom. The van der Waals surface area contributed by atoms with Gasteiger partial charge >= 0.3 is 6.18 Å². The van der Waals surface area contributed by atoms with Gasteiger partial charge in [0.2, 0.25) is 5.91 Å². The summed E-state index contributed by atoms with van der Waals surface area (Å²) in [4.78, 5) is 15.3. The van der Waals surface area contributed by atoms with Crippen molar-refractivity contribution in [1.82, 2.24) is 15.5 Å². The molecule has 0 spiro atoms. The molecule has 4 nitrogen and oxygen atoms in total. The van der Waals surface area contributed by atoms with Gasteiger partial charge in [0.25, 0.3) is 0 Å². The molecular formula is C22H31F4N3O. The van der Waals surface area contributed by atoms with E-state index in [2.05, 4.69) is 22.6 Å². The van der Waals surface area contributed by atoms with Gasteiger partial charge in [-0.3, -0.25) is 4.79 Å². The summed E-state index contributed by atoms with van der Waals surface area (Å²) in [5.74, 6) is -1.03. The lowest BCUT2D eigenvalue weighted by Gasteiger charge is -2.51. The van der Waals surface area contributed by atoms with Gasteiger partial charge in [0.1, 0.15) is 5.82 Å². The molecule has 1 saturated heterocycles. The van der Waals surface area contributed by atoms with E-state index in [4.69, 9.17) is 0 Å². The van der Waals surface area contributed by atoms with E-state index in [0.717, 1.165) is 38.1 Å². The minimum absolute atomic E-state index is 0.103. The summed E-state index contributed by atoms with van der Waals surface area (Å²) >= 11 is 0. The van der Waals surface area contributed by atoms with Crippen LogP contribution in [0.3, 0.4) is 0 Å². The molecule has 1 saturated carbocycles. The lowest BCUT2D eigenvalue weighted by molar-refractivity contribution is -0.142. The highest BCUT2D eigenvalue weighted by molar-refractivity contribution is 5.84. The van der Waals surface area contributed by atoms with Gasteiger partial charge in [-0.1, -0.05) is 13.8 Å². The van der Waals surface area contributed by atoms with Gasteiger partial charge in [-0.25, -0.2) is 4.39 Å². The Morgan fingerprint density at radius 1 is 1.17 bits per heavy atom. The van der Waals surface area contributed by atoms with Crippen LogP contribution in [0.5, 0.6) is 0 Å². The van der Waals surface area contributed by atoms with Crippen molar-refractivity contribution in [2.75, 3.05) is 20.1 Å². The molecule has 1 aliphatic carbocycles. The minimum atomic E-state index is -4.62. The maximum Gasteiger partial charge on any atom is 0.416 e. The lowest BCUT2D eigenvalue weighted by Crippen LogP contribution is -2.60. The Kier molecular flexibility index (Phi) is 6.77. The second-order valence-electron chi connectivity index (χ2n) is 9.19. The first-order chi connectivity index (χ1) is 14.0. The van der Waals surface area contributed by atoms with E-state index in [1.165, 1.54) is 0 Å². The maximum absolute atomic E-state index is 13.6. The molecule has 168 valence electrons. The average Bonchev–Trinajstić information content (AvgIpc) is 2.62. The van der Waals surface area contributed by atoms with Crippen LogP contribution >= 0.6 is 0 Å². The summed E-state index contributed by atoms with van der Waals surface area (Å²) in [5.41, 5.74) is -1.48. The summed E-state index contributed by atoms with van der Waals surface area (Å²) in [6, 6.07) is 3.12. The van der Waals surface area contributed by atoms with Crippen LogP contribution in [0.4, 0.5) is 17.6 Å². The first kappa shape index (κ1) is 23.0. The van der Waals surface area contributed by atoms with E-state index in [9.17, 15) is 22.4 Å². The Bertz CT molecular complexity index is 751. The van der Waals surface area contributed by atoms with E-state index >= 15 is 0 Å². The third-order valence-corrected chi connectivity index (χ3v) is 6.71. The van der Waals surface area contributed by atoms with Crippen molar-refractivity contribution in [3.05, 3.63) is 35.1 Å². The summed E-state index contributed by atoms with van der Waals surface area (Å²) in [5, 5.41) is 6.42. The van der Waals surface area contributed by atoms with Gasteiger partial charge in [0, 0.05) is 18.6 Å². The summed E-state index contributed by atoms with van der Waals surface area (Å²) in [6.07, 6.45) is -1.02. The molecular weight excluding hydrogens is 398 g/mol. The smallest absolute Gasteiger partial charge is 0.352 e. The quantitative estimate of drug-likeness (QED) is 0.673. The molecule has 1 amide bonds. The van der Waals surface area contributed by atoms with Crippen molar-refractivity contribution in [2.24, 2.45) is 11.3 Å². The van der Waals surface area contributed by atoms with Gasteiger partial charge < -0.3 is 15.5 Å². The minimum Gasteiger partial charge on any atom is -0.352 e. The molecule has 0 radical (unpaired) electrons. The fraction of sp³-hybridized carbons (Fsp3) is 0.682. The second-order valence-corrected chi connectivity index (χ2v) is 9.19. The topological polar surface area (TPSA) is 44.4 Å². The highest BCUT2D eigenvalue weighted by Crippen LogP contribution is 2.48. The molecule has 2 N–H and O–H groups in total. The van der Waals surface area contributed by atoms with Crippen LogP contribution in [0.15, 0.2) is 18.2 Å². The number of alkyl halides is 3. The van der Waals surface area contributed by atoms with Crippen molar-refractivity contribution in [2.45, 2.75) is 64.3 Å². The number of halogens is 4. The molecule has 8 heteroatoms. The zero-order valence-electron chi connectivity index (χ0n) is 17.8. The monoisotopic (exact) mass is 429 g/mol. The SMILES string of the molecule is CC(C)C1(C(=O)NCc2cc(F)cc(C(F)(F)F)c2)CC(NC2CCN(C)CC2)C1. The van der Waals surface area contributed by atoms with Crippen LogP contribution in [0.2, 0.25) is 0 Å². The molecule has 2 aliphatic rings. The van der Waals surface area contributed by atoms with Crippen LogP contribution in [0.25, 0.3) is 0 Å². The average molecular weight is 430 g/mol. The number of piperidine rings is 1. The fourth-order valence-corrected chi connectivity index (χ4v) is 4.64. The lowest BCUT2D eigenvalue weighted by atomic mass is 9.58. The predicted molar refractivity (Wildman–Crippen MR) is 107 cm³/mol. The van der Waals surface area contributed by atoms with Crippen molar-refractivity contribution in [1.29, 1.82) is 0 Å². The number of benzene rings is 1. The third-order valence-electron chi connectivity index (χ3n) is 6.71. The standard InChI is InChI=1S/C22H31F4N3O/c1-14(2)21(11-19(12-21)28-18-4-6-29(3)7-5-18)20(30)27-13-15-8-16(22(24,25)26)10-17(23)9-15/h8-10,14,18-19,28H,4-7,11-13H2,1-3H3,(H,27,30). The van der Waals surface area contributed by atoms with Crippen LogP contribution < -0.4 is 10.6 Å². The van der Waals surface area contributed by atoms with Crippen LogP contribution in [0, 0.1) is 17.2 Å². The van der Waals surface area contributed by atoms with Gasteiger partial charge in [-0.05, 0) is 75.5 Å². The zero-order valence-corrected chi connectivity index (χ0v) is 17.8. The first-order valence-electron chi connectivity index (χ1n) is 10.6. The van der Waals surface area contributed by atoms with E-state index in [1.54, 1.807) is 0 Å². The third kappa shape index (κ3) is 5.14. The summed E-state index contributed by atoms with van der Waals surface area (Å²) in [7, 11) is 2.12. The van der Waals surface area contributed by atoms with Gasteiger partial charge in [-0.2, -0.15) is 13.2 Å². The van der Waals surface area contributed by atoms with Crippen molar-refractivity contribution in [3.63, 3.8) is 0 Å². The number of likely N-dealkylation sites (tertiary alicyclic amines) is 1. The highest BCUT2D eigenvalue weighted by atomic mass is 19.4. The zero-order chi connectivity index (χ0) is 22.1. The summed E-state index contributed by atoms with van der Waals surface area (Å²) < 4.78 is 52.3. The number of nitrogens with zero attached hydrogens (tertiary/aromatic N) is 1. The number of hydrogen-bond donors (Lipinski definition) is 2. The Balaban J connectivity index is 1.58. The van der Waals surface area contributed by atoms with E-state index in [-0.39, 0.29) is 30.0 Å². The molecule has 1 aromatic carbocycles. The molecule has 2 fully saturated rings. The molecule has 1 aromatic rings. The normalized spacial score (nSPS) is 25.9. The number of hydrogen-bond acceptors (Lipinski definition) is 3. The largest absolute Gasteiger partial charge is 0.416 e. The highest BCUT2D eigenvalue weighted by Gasteiger charge is 2.52. The maximum atomic E-state index is 13.6. The number of amides is 1. The van der Waals surface area contributed by atoms with Crippen LogP contribution in [-0.2, 0) is 17.5 Å². The molecule has 30 heavy (non-hydrogen) atoms. The first-order valence-corrected chi connectivity index (χ1v) is 10.6. The molecule has 0 bridgehead atoms. The Hall–Kier alpha value is -1.67. The van der Waals surface area contributed by atoms with E-state index in [1.807, 2.05) is 13.8 Å². The second kappa shape index (κ2) is 8.83. The van der Waals surface area contributed by atoms with Crippen molar-refractivity contribution >= 4 is 5.91 Å². The molecule has 1 heterocycles. The molecule has 1 aliphatic heterocycles. The molecule has 0 atom stereocenters. The van der Waals surface area contributed by atoms with Crippen molar-refractivity contribution in [3.8, 4) is 0 Å². The number of rotatable bonds is 6. The molecule has 0 unspecified atom stereocenters. The predicted octanol–water partition coefficient (Wildman–Crippen LogP) is 3.95. The fourth-order valence-electron chi connectivity index (χ4n) is 4.64. The van der Waals surface area contributed by atoms with Crippen LogP contribution in [-0.4, -0.2) is 43.0 Å². The molecule has 0 aromatic heterocycles. The number of carbonyl (C=O) groups is 1. The van der Waals surface area contributed by atoms with Gasteiger partial charge in [0.05, 0.1) is 11.0 Å². The number of carbonyl (C=O) groups excluding carboxylic acids is 1. The van der Waals surface area contributed by atoms with Crippen LogP contribution in [0.1, 0.15) is 50.7 Å². The van der Waals surface area contributed by atoms with Gasteiger partial charge in [0.15, 0.2) is 0 Å². The number of nitrogens with one attached hydrogen (secondary N) is 2. The van der Waals surface area contributed by atoms with Gasteiger partial charge in [-0.15, -0.1) is 0 Å². The van der Waals surface area contributed by atoms with E-state index < -0.39 is 23.0 Å². The van der Waals surface area contributed by atoms with Crippen molar-refractivity contribution < 1.29 is 22.4 Å². The van der Waals surface area contributed by atoms with E-state index in [0.29, 0.717) is 24.9 Å². The Labute approximate surface area is 175 Å².